The van der Waals surface area contributed by atoms with Crippen molar-refractivity contribution < 1.29 is 27.6 Å². The number of carbonyl (C=O) groups excluding carboxylic acids is 3. The fourth-order valence-corrected chi connectivity index (χ4v) is 4.12. The summed E-state index contributed by atoms with van der Waals surface area (Å²) in [7, 11) is 0. The molecule has 0 aliphatic carbocycles. The number of hydrogen-bond acceptors (Lipinski definition) is 4. The van der Waals surface area contributed by atoms with E-state index >= 15 is 0 Å². The van der Waals surface area contributed by atoms with Gasteiger partial charge in [0.1, 0.15) is 10.7 Å². The van der Waals surface area contributed by atoms with Gasteiger partial charge < -0.3 is 10.6 Å². The van der Waals surface area contributed by atoms with Crippen LogP contribution in [0.5, 0.6) is 0 Å². The number of anilines is 3. The van der Waals surface area contributed by atoms with E-state index in [4.69, 9.17) is 23.2 Å². The molecule has 1 aliphatic heterocycles. The molecule has 1 heterocycles. The van der Waals surface area contributed by atoms with Crippen LogP contribution >= 0.6 is 23.2 Å². The minimum atomic E-state index is -4.60. The second-order valence-corrected chi connectivity index (χ2v) is 8.89. The number of imide groups is 1. The lowest BCUT2D eigenvalue weighted by Crippen LogP contribution is -2.32. The summed E-state index contributed by atoms with van der Waals surface area (Å²) in [4.78, 5) is 39.0. The van der Waals surface area contributed by atoms with E-state index in [2.05, 4.69) is 10.6 Å². The van der Waals surface area contributed by atoms with Crippen LogP contribution < -0.4 is 15.5 Å². The van der Waals surface area contributed by atoms with Crippen molar-refractivity contribution >= 4 is 58.0 Å². The van der Waals surface area contributed by atoms with E-state index in [0.717, 1.165) is 11.0 Å². The third-order valence-electron chi connectivity index (χ3n) is 5.60. The van der Waals surface area contributed by atoms with Crippen LogP contribution in [0.1, 0.15) is 16.7 Å². The highest BCUT2D eigenvalue weighted by Gasteiger charge is 2.39. The third kappa shape index (κ3) is 5.47. The van der Waals surface area contributed by atoms with Gasteiger partial charge in [-0.1, -0.05) is 53.5 Å². The first-order chi connectivity index (χ1) is 17.5. The first-order valence-electron chi connectivity index (χ1n) is 10.8. The fourth-order valence-electron chi connectivity index (χ4n) is 3.74. The number of hydrogen-bond donors (Lipinski definition) is 2. The maximum absolute atomic E-state index is 13.1. The van der Waals surface area contributed by atoms with Gasteiger partial charge in [0.25, 0.3) is 11.8 Å². The summed E-state index contributed by atoms with van der Waals surface area (Å²) in [6.45, 7) is 1.67. The Kier molecular flexibility index (Phi) is 7.29. The highest BCUT2D eigenvalue weighted by Crippen LogP contribution is 2.35. The molecule has 0 radical (unpaired) electrons. The molecule has 0 atom stereocenters. The van der Waals surface area contributed by atoms with Crippen LogP contribution in [-0.4, -0.2) is 17.7 Å². The molecule has 0 saturated carbocycles. The van der Waals surface area contributed by atoms with E-state index in [1.165, 1.54) is 18.2 Å². The molecule has 6 nitrogen and oxygen atoms in total. The zero-order valence-electron chi connectivity index (χ0n) is 19.1. The van der Waals surface area contributed by atoms with E-state index in [9.17, 15) is 27.6 Å². The predicted octanol–water partition coefficient (Wildman–Crippen LogP) is 6.28. The highest BCUT2D eigenvalue weighted by molar-refractivity contribution is 6.53. The van der Waals surface area contributed by atoms with E-state index in [-0.39, 0.29) is 22.8 Å². The van der Waals surface area contributed by atoms with E-state index in [1.54, 1.807) is 49.4 Å². The number of benzene rings is 3. The maximum atomic E-state index is 13.1. The van der Waals surface area contributed by atoms with Gasteiger partial charge in [-0.15, -0.1) is 0 Å². The van der Waals surface area contributed by atoms with Crippen molar-refractivity contribution in [3.63, 3.8) is 0 Å². The smallest absolute Gasteiger partial charge is 0.350 e. The topological polar surface area (TPSA) is 78.5 Å². The Morgan fingerprint density at radius 1 is 0.919 bits per heavy atom. The second-order valence-electron chi connectivity index (χ2n) is 8.11. The monoisotopic (exact) mass is 547 g/mol. The van der Waals surface area contributed by atoms with Gasteiger partial charge in [-0.25, -0.2) is 4.90 Å². The number of rotatable bonds is 6. The molecule has 0 unspecified atom stereocenters. The van der Waals surface area contributed by atoms with Crippen molar-refractivity contribution in [3.05, 3.63) is 99.2 Å². The minimum Gasteiger partial charge on any atom is -0.350 e. The Morgan fingerprint density at radius 2 is 1.59 bits per heavy atom. The van der Waals surface area contributed by atoms with Crippen molar-refractivity contribution in [2.24, 2.45) is 0 Å². The molecule has 2 N–H and O–H groups in total. The Bertz CT molecular complexity index is 1440. The van der Waals surface area contributed by atoms with Gasteiger partial charge in [0.2, 0.25) is 5.91 Å². The molecule has 4 rings (SSSR count). The van der Waals surface area contributed by atoms with Crippen LogP contribution in [0.3, 0.4) is 0 Å². The van der Waals surface area contributed by atoms with E-state index < -0.39 is 29.5 Å². The van der Waals surface area contributed by atoms with Gasteiger partial charge >= 0.3 is 6.18 Å². The zero-order chi connectivity index (χ0) is 26.9. The van der Waals surface area contributed by atoms with Gasteiger partial charge in [0.05, 0.1) is 23.4 Å². The fraction of sp³-hybridized carbons (Fsp3) is 0.115. The molecule has 37 heavy (non-hydrogen) atoms. The number of nitrogens with one attached hydrogen (secondary N) is 2. The largest absolute Gasteiger partial charge is 0.418 e. The molecule has 0 spiro atoms. The normalized spacial score (nSPS) is 13.8. The molecular formula is C26H18Cl2F3N3O3. The summed E-state index contributed by atoms with van der Waals surface area (Å²) in [6, 6.07) is 15.8. The SMILES string of the molecule is Cc1c(Cl)cccc1N1C(=O)C(Cl)=C(Nc2ccc(CC(=O)Nc3ccccc3C(F)(F)F)cc2)C1=O. The second kappa shape index (κ2) is 10.3. The lowest BCUT2D eigenvalue weighted by atomic mass is 10.1. The molecule has 0 fully saturated rings. The summed E-state index contributed by atoms with van der Waals surface area (Å²) in [5.41, 5.74) is 0.376. The highest BCUT2D eigenvalue weighted by atomic mass is 35.5. The summed E-state index contributed by atoms with van der Waals surface area (Å²) >= 11 is 12.3. The zero-order valence-corrected chi connectivity index (χ0v) is 20.6. The van der Waals surface area contributed by atoms with Crippen LogP contribution in [0.25, 0.3) is 0 Å². The molecule has 190 valence electrons. The Morgan fingerprint density at radius 3 is 2.27 bits per heavy atom. The van der Waals surface area contributed by atoms with Crippen molar-refractivity contribution in [1.29, 1.82) is 0 Å². The van der Waals surface area contributed by atoms with Gasteiger partial charge in [-0.3, -0.25) is 14.4 Å². The van der Waals surface area contributed by atoms with Gasteiger partial charge in [0, 0.05) is 10.7 Å². The van der Waals surface area contributed by atoms with Crippen LogP contribution in [0.2, 0.25) is 5.02 Å². The van der Waals surface area contributed by atoms with Crippen LogP contribution in [0.15, 0.2) is 77.5 Å². The Labute approximate surface area is 219 Å². The number of amides is 3. The molecule has 3 aromatic carbocycles. The lowest BCUT2D eigenvalue weighted by Gasteiger charge is -2.18. The molecule has 0 bridgehead atoms. The number of carbonyl (C=O) groups is 3. The number of para-hydroxylation sites is 1. The van der Waals surface area contributed by atoms with E-state index in [1.807, 2.05) is 0 Å². The molecule has 3 amide bonds. The lowest BCUT2D eigenvalue weighted by molar-refractivity contribution is -0.137. The van der Waals surface area contributed by atoms with E-state index in [0.29, 0.717) is 27.5 Å². The van der Waals surface area contributed by atoms with Crippen molar-refractivity contribution in [2.75, 3.05) is 15.5 Å². The first-order valence-corrected chi connectivity index (χ1v) is 11.6. The van der Waals surface area contributed by atoms with Crippen LogP contribution in [-0.2, 0) is 27.0 Å². The van der Waals surface area contributed by atoms with Gasteiger partial charge in [-0.2, -0.15) is 13.2 Å². The van der Waals surface area contributed by atoms with Crippen LogP contribution in [0.4, 0.5) is 30.2 Å². The van der Waals surface area contributed by atoms with Gasteiger partial charge in [-0.05, 0) is 54.4 Å². The molecule has 1 aliphatic rings. The number of nitrogens with zero attached hydrogens (tertiary/aromatic N) is 1. The van der Waals surface area contributed by atoms with Gasteiger partial charge in [0.15, 0.2) is 0 Å². The van der Waals surface area contributed by atoms with Crippen molar-refractivity contribution in [2.45, 2.75) is 19.5 Å². The molecule has 0 aromatic heterocycles. The summed E-state index contributed by atoms with van der Waals surface area (Å²) in [5.74, 6) is -1.99. The minimum absolute atomic E-state index is 0.125. The molecule has 11 heteroatoms. The average Bonchev–Trinajstić information content (AvgIpc) is 3.05. The Balaban J connectivity index is 1.45. The number of halogens is 5. The predicted molar refractivity (Wildman–Crippen MR) is 135 cm³/mol. The average molecular weight is 548 g/mol. The standard InChI is InChI=1S/C26H18Cl2F3N3O3/c1-14-18(27)6-4-8-20(14)34-24(36)22(28)23(25(34)37)32-16-11-9-15(10-12-16)13-21(35)33-19-7-3-2-5-17(19)26(29,30)31/h2-12,32H,13H2,1H3,(H,33,35). The Hall–Kier alpha value is -3.82. The van der Waals surface area contributed by atoms with Crippen molar-refractivity contribution in [1.82, 2.24) is 0 Å². The van der Waals surface area contributed by atoms with Crippen molar-refractivity contribution in [3.8, 4) is 0 Å². The maximum Gasteiger partial charge on any atom is 0.418 e. The molecule has 3 aromatic rings. The summed E-state index contributed by atoms with van der Waals surface area (Å²) in [5, 5.41) is 5.20. The summed E-state index contributed by atoms with van der Waals surface area (Å²) < 4.78 is 39.4. The third-order valence-corrected chi connectivity index (χ3v) is 6.36. The molecular weight excluding hydrogens is 530 g/mol. The summed E-state index contributed by atoms with van der Waals surface area (Å²) in [6.07, 6.45) is -4.79. The van der Waals surface area contributed by atoms with Crippen LogP contribution in [0, 0.1) is 6.92 Å². The quantitative estimate of drug-likeness (QED) is 0.356. The number of alkyl halides is 3. The first kappa shape index (κ1) is 26.2. The molecule has 0 saturated heterocycles.